The molecule has 0 radical (unpaired) electrons. The number of carbonyl (C=O) groups is 1. The summed E-state index contributed by atoms with van der Waals surface area (Å²) in [4.78, 5) is 13.0. The number of likely N-dealkylation sites (N-methyl/N-ethyl adjacent to an activating group) is 1. The molecular formula is C12H14F2N2O2. The van der Waals surface area contributed by atoms with Gasteiger partial charge in [-0.1, -0.05) is 0 Å². The summed E-state index contributed by atoms with van der Waals surface area (Å²) in [6, 6.07) is 1.84. The van der Waals surface area contributed by atoms with Crippen LogP contribution in [0.4, 0.5) is 14.5 Å². The lowest BCUT2D eigenvalue weighted by Crippen LogP contribution is -2.44. The quantitative estimate of drug-likeness (QED) is 0.890. The molecule has 0 atom stereocenters. The van der Waals surface area contributed by atoms with Crippen LogP contribution in [0.1, 0.15) is 12.8 Å². The van der Waals surface area contributed by atoms with E-state index >= 15 is 0 Å². The lowest BCUT2D eigenvalue weighted by Gasteiger charge is -2.22. The van der Waals surface area contributed by atoms with Gasteiger partial charge in [0.05, 0.1) is 18.3 Å². The molecule has 4 nitrogen and oxygen atoms in total. The highest BCUT2D eigenvalue weighted by Crippen LogP contribution is 2.36. The molecule has 1 aromatic rings. The number of halogens is 2. The molecule has 6 heteroatoms. The molecular weight excluding hydrogens is 242 g/mol. The molecule has 0 saturated heterocycles. The van der Waals surface area contributed by atoms with Crippen LogP contribution in [-0.2, 0) is 4.79 Å². The first-order chi connectivity index (χ1) is 8.39. The van der Waals surface area contributed by atoms with Crippen LogP contribution in [0.25, 0.3) is 0 Å². The number of anilines is 1. The number of nitrogens with zero attached hydrogens (tertiary/aromatic N) is 1. The van der Waals surface area contributed by atoms with Crippen molar-refractivity contribution in [3.8, 4) is 5.75 Å². The molecule has 0 unspecified atom stereocenters. The molecule has 2 rings (SSSR count). The summed E-state index contributed by atoms with van der Waals surface area (Å²) in [6.45, 7) is 0. The van der Waals surface area contributed by atoms with Gasteiger partial charge in [0.2, 0.25) is 5.91 Å². The van der Waals surface area contributed by atoms with Gasteiger partial charge in [-0.05, 0) is 12.8 Å². The molecule has 0 heterocycles. The van der Waals surface area contributed by atoms with Gasteiger partial charge in [-0.3, -0.25) is 4.79 Å². The maximum absolute atomic E-state index is 13.8. The third-order valence-corrected chi connectivity index (χ3v) is 3.10. The van der Waals surface area contributed by atoms with Crippen molar-refractivity contribution in [1.29, 1.82) is 0 Å². The van der Waals surface area contributed by atoms with Crippen LogP contribution in [0, 0.1) is 11.6 Å². The van der Waals surface area contributed by atoms with Crippen molar-refractivity contribution >= 4 is 11.6 Å². The van der Waals surface area contributed by atoms with Crippen molar-refractivity contribution in [2.75, 3.05) is 19.1 Å². The highest BCUT2D eigenvalue weighted by Gasteiger charge is 2.48. The Balaban J connectivity index is 2.33. The first-order valence-corrected chi connectivity index (χ1v) is 5.49. The first-order valence-electron chi connectivity index (χ1n) is 5.49. The van der Waals surface area contributed by atoms with Gasteiger partial charge in [0.25, 0.3) is 0 Å². The molecule has 1 aliphatic rings. The molecule has 1 amide bonds. The molecule has 2 N–H and O–H groups in total. The number of hydrogen-bond donors (Lipinski definition) is 1. The molecule has 1 fully saturated rings. The number of rotatable bonds is 3. The second-order valence-electron chi connectivity index (χ2n) is 4.46. The predicted molar refractivity (Wildman–Crippen MR) is 62.5 cm³/mol. The Hall–Kier alpha value is -1.69. The Kier molecular flexibility index (Phi) is 2.98. The van der Waals surface area contributed by atoms with E-state index in [0.717, 1.165) is 17.0 Å². The minimum atomic E-state index is -0.919. The minimum Gasteiger partial charge on any atom is -0.494 e. The lowest BCUT2D eigenvalue weighted by atomic mass is 10.2. The van der Waals surface area contributed by atoms with Crippen LogP contribution in [0.2, 0.25) is 0 Å². The van der Waals surface area contributed by atoms with E-state index in [0.29, 0.717) is 12.8 Å². The standard InChI is InChI=1S/C12H14F2N2O2/c1-16(11(17)12(15)3-4-12)9-5-8(14)10(18-2)6-7(9)13/h5-6H,3-4,15H2,1-2H3. The smallest absolute Gasteiger partial charge is 0.246 e. The van der Waals surface area contributed by atoms with E-state index in [4.69, 9.17) is 5.73 Å². The third-order valence-electron chi connectivity index (χ3n) is 3.10. The summed E-state index contributed by atoms with van der Waals surface area (Å²) in [5.41, 5.74) is 4.68. The van der Waals surface area contributed by atoms with E-state index < -0.39 is 23.1 Å². The zero-order valence-corrected chi connectivity index (χ0v) is 10.2. The van der Waals surface area contributed by atoms with Gasteiger partial charge in [0, 0.05) is 19.2 Å². The average molecular weight is 256 g/mol. The number of carbonyl (C=O) groups excluding carboxylic acids is 1. The summed E-state index contributed by atoms with van der Waals surface area (Å²) in [5, 5.41) is 0. The highest BCUT2D eigenvalue weighted by atomic mass is 19.1. The van der Waals surface area contributed by atoms with Crippen molar-refractivity contribution < 1.29 is 18.3 Å². The molecule has 1 aliphatic carbocycles. The van der Waals surface area contributed by atoms with E-state index in [-0.39, 0.29) is 11.4 Å². The van der Waals surface area contributed by atoms with Gasteiger partial charge in [0.15, 0.2) is 17.4 Å². The molecule has 18 heavy (non-hydrogen) atoms. The second kappa shape index (κ2) is 4.20. The van der Waals surface area contributed by atoms with E-state index in [2.05, 4.69) is 4.74 Å². The zero-order valence-electron chi connectivity index (χ0n) is 10.2. The topological polar surface area (TPSA) is 55.6 Å². The highest BCUT2D eigenvalue weighted by molar-refractivity contribution is 6.01. The van der Waals surface area contributed by atoms with Crippen molar-refractivity contribution in [2.24, 2.45) is 5.73 Å². The average Bonchev–Trinajstić information content (AvgIpc) is 3.09. The second-order valence-corrected chi connectivity index (χ2v) is 4.46. The lowest BCUT2D eigenvalue weighted by molar-refractivity contribution is -0.120. The third kappa shape index (κ3) is 2.03. The number of benzene rings is 1. The summed E-state index contributed by atoms with van der Waals surface area (Å²) in [5.74, 6) is -2.07. The summed E-state index contributed by atoms with van der Waals surface area (Å²) < 4.78 is 31.9. The molecule has 1 aromatic carbocycles. The monoisotopic (exact) mass is 256 g/mol. The largest absolute Gasteiger partial charge is 0.494 e. The fraction of sp³-hybridized carbons (Fsp3) is 0.417. The molecule has 0 spiro atoms. The SMILES string of the molecule is COc1cc(F)c(N(C)C(=O)C2(N)CC2)cc1F. The Bertz CT molecular complexity index is 501. The fourth-order valence-electron chi connectivity index (χ4n) is 1.72. The number of nitrogens with two attached hydrogens (primary N) is 1. The number of amides is 1. The van der Waals surface area contributed by atoms with Crippen molar-refractivity contribution in [2.45, 2.75) is 18.4 Å². The van der Waals surface area contributed by atoms with Crippen LogP contribution >= 0.6 is 0 Å². The Morgan fingerprint density at radius 3 is 2.50 bits per heavy atom. The maximum Gasteiger partial charge on any atom is 0.246 e. The number of methoxy groups -OCH3 is 1. The summed E-state index contributed by atoms with van der Waals surface area (Å²) >= 11 is 0. The van der Waals surface area contributed by atoms with Gasteiger partial charge in [-0.2, -0.15) is 0 Å². The van der Waals surface area contributed by atoms with Crippen molar-refractivity contribution in [3.05, 3.63) is 23.8 Å². The van der Waals surface area contributed by atoms with Crippen molar-refractivity contribution in [3.63, 3.8) is 0 Å². The first kappa shape index (κ1) is 12.8. The predicted octanol–water partition coefficient (Wildman–Crippen LogP) is 1.43. The maximum atomic E-state index is 13.8. The van der Waals surface area contributed by atoms with Gasteiger partial charge < -0.3 is 15.4 Å². The Labute approximate surface area is 103 Å². The van der Waals surface area contributed by atoms with Crippen LogP contribution in [0.3, 0.4) is 0 Å². The Morgan fingerprint density at radius 1 is 1.39 bits per heavy atom. The molecule has 0 aromatic heterocycles. The van der Waals surface area contributed by atoms with Crippen molar-refractivity contribution in [1.82, 2.24) is 0 Å². The number of hydrogen-bond acceptors (Lipinski definition) is 3. The normalized spacial score (nSPS) is 16.3. The van der Waals surface area contributed by atoms with Gasteiger partial charge in [-0.25, -0.2) is 8.78 Å². The van der Waals surface area contributed by atoms with Gasteiger partial charge in [-0.15, -0.1) is 0 Å². The van der Waals surface area contributed by atoms with E-state index in [1.165, 1.54) is 14.2 Å². The summed E-state index contributed by atoms with van der Waals surface area (Å²) in [7, 11) is 2.62. The van der Waals surface area contributed by atoms with Gasteiger partial charge >= 0.3 is 0 Å². The fourth-order valence-corrected chi connectivity index (χ4v) is 1.72. The van der Waals surface area contributed by atoms with E-state index in [9.17, 15) is 13.6 Å². The van der Waals surface area contributed by atoms with Crippen LogP contribution in [0.15, 0.2) is 12.1 Å². The molecule has 0 aliphatic heterocycles. The Morgan fingerprint density at radius 2 is 2.00 bits per heavy atom. The van der Waals surface area contributed by atoms with Crippen LogP contribution in [0.5, 0.6) is 5.75 Å². The van der Waals surface area contributed by atoms with Crippen LogP contribution in [-0.4, -0.2) is 25.6 Å². The molecule has 1 saturated carbocycles. The molecule has 98 valence electrons. The van der Waals surface area contributed by atoms with E-state index in [1.54, 1.807) is 0 Å². The summed E-state index contributed by atoms with van der Waals surface area (Å²) in [6.07, 6.45) is 1.13. The van der Waals surface area contributed by atoms with E-state index in [1.807, 2.05) is 0 Å². The minimum absolute atomic E-state index is 0.143. The number of ether oxygens (including phenoxy) is 1. The molecule has 0 bridgehead atoms. The van der Waals surface area contributed by atoms with Gasteiger partial charge in [0.1, 0.15) is 0 Å². The zero-order chi connectivity index (χ0) is 13.5. The van der Waals surface area contributed by atoms with Crippen LogP contribution < -0.4 is 15.4 Å².